The molecule has 6 nitrogen and oxygen atoms in total. The number of hydrogen-bond donors (Lipinski definition) is 1. The van der Waals surface area contributed by atoms with E-state index in [1.807, 2.05) is 25.1 Å². The molecule has 2 aromatic heterocycles. The largest absolute Gasteiger partial charge is 0.268 e. The number of nitrogens with zero attached hydrogens (tertiary/aromatic N) is 3. The van der Waals surface area contributed by atoms with Crippen LogP contribution in [0.3, 0.4) is 0 Å². The number of aromatic nitrogens is 3. The quantitative estimate of drug-likeness (QED) is 0.664. The van der Waals surface area contributed by atoms with Gasteiger partial charge in [0.25, 0.3) is 0 Å². The maximum absolute atomic E-state index is 12.4. The summed E-state index contributed by atoms with van der Waals surface area (Å²) >= 11 is 3.27. The third-order valence-electron chi connectivity index (χ3n) is 3.68. The van der Waals surface area contributed by atoms with Gasteiger partial charge in [-0.25, -0.2) is 13.1 Å². The van der Waals surface area contributed by atoms with Crippen molar-refractivity contribution in [1.29, 1.82) is 0 Å². The number of rotatable bonds is 6. The summed E-state index contributed by atoms with van der Waals surface area (Å²) in [5.41, 5.74) is 2.70. The van der Waals surface area contributed by atoms with Gasteiger partial charge < -0.3 is 0 Å². The van der Waals surface area contributed by atoms with E-state index in [9.17, 15) is 8.42 Å². The zero-order valence-electron chi connectivity index (χ0n) is 13.6. The maximum Gasteiger partial charge on any atom is 0.241 e. The van der Waals surface area contributed by atoms with E-state index in [0.717, 1.165) is 17.0 Å². The Kier molecular flexibility index (Phi) is 5.31. The second-order valence-corrected chi connectivity index (χ2v) is 8.05. The number of nitrogens with one attached hydrogen (secondary N) is 1. The number of aryl methyl sites for hydroxylation is 1. The highest BCUT2D eigenvalue weighted by atomic mass is 79.9. The second-order valence-electron chi connectivity index (χ2n) is 5.46. The van der Waals surface area contributed by atoms with Crippen molar-refractivity contribution in [2.45, 2.75) is 18.4 Å². The lowest BCUT2D eigenvalue weighted by molar-refractivity contribution is 0.556. The summed E-state index contributed by atoms with van der Waals surface area (Å²) in [5, 5.41) is 4.52. The Balaban J connectivity index is 1.69. The monoisotopic (exact) mass is 420 g/mol. The Labute approximate surface area is 155 Å². The number of pyridine rings is 1. The van der Waals surface area contributed by atoms with Crippen LogP contribution >= 0.6 is 15.9 Å². The Morgan fingerprint density at radius 3 is 2.72 bits per heavy atom. The fraction of sp³-hybridized carbons (Fsp3) is 0.176. The molecular weight excluding hydrogens is 404 g/mol. The van der Waals surface area contributed by atoms with Crippen molar-refractivity contribution >= 4 is 26.0 Å². The van der Waals surface area contributed by atoms with Crippen molar-refractivity contribution in [3.8, 4) is 11.3 Å². The van der Waals surface area contributed by atoms with Crippen molar-refractivity contribution < 1.29 is 8.42 Å². The van der Waals surface area contributed by atoms with Gasteiger partial charge in [0.1, 0.15) is 0 Å². The van der Waals surface area contributed by atoms with Gasteiger partial charge in [-0.2, -0.15) is 5.10 Å². The molecule has 0 fully saturated rings. The molecule has 0 atom stereocenters. The van der Waals surface area contributed by atoms with Gasteiger partial charge in [0.15, 0.2) is 0 Å². The Morgan fingerprint density at radius 2 is 2.00 bits per heavy atom. The number of halogens is 1. The van der Waals surface area contributed by atoms with Crippen molar-refractivity contribution in [3.05, 3.63) is 65.0 Å². The van der Waals surface area contributed by atoms with Crippen LogP contribution in [0.1, 0.15) is 5.69 Å². The molecule has 1 N–H and O–H groups in total. The summed E-state index contributed by atoms with van der Waals surface area (Å²) < 4.78 is 29.7. The van der Waals surface area contributed by atoms with Crippen molar-refractivity contribution in [1.82, 2.24) is 19.5 Å². The fourth-order valence-corrected chi connectivity index (χ4v) is 4.44. The van der Waals surface area contributed by atoms with Crippen LogP contribution < -0.4 is 4.72 Å². The van der Waals surface area contributed by atoms with E-state index in [2.05, 4.69) is 30.7 Å². The molecule has 0 amide bonds. The SMILES string of the molecule is Cc1cc(-c2cccnc2)nn1CCNS(=O)(=O)c1ccccc1Br. The highest BCUT2D eigenvalue weighted by Gasteiger charge is 2.16. The zero-order valence-corrected chi connectivity index (χ0v) is 16.0. The lowest BCUT2D eigenvalue weighted by Gasteiger charge is -2.09. The molecule has 0 aliphatic rings. The van der Waals surface area contributed by atoms with Crippen LogP contribution in [0, 0.1) is 6.92 Å². The molecular formula is C17H17BrN4O2S. The van der Waals surface area contributed by atoms with Crippen LogP contribution in [0.15, 0.2) is 64.2 Å². The lowest BCUT2D eigenvalue weighted by atomic mass is 10.2. The van der Waals surface area contributed by atoms with Gasteiger partial charge in [-0.1, -0.05) is 12.1 Å². The Morgan fingerprint density at radius 1 is 1.20 bits per heavy atom. The van der Waals surface area contributed by atoms with E-state index < -0.39 is 10.0 Å². The van der Waals surface area contributed by atoms with Crippen molar-refractivity contribution in [3.63, 3.8) is 0 Å². The molecule has 130 valence electrons. The molecule has 0 unspecified atom stereocenters. The molecule has 0 saturated carbocycles. The van der Waals surface area contributed by atoms with Gasteiger partial charge in [-0.05, 0) is 53.2 Å². The van der Waals surface area contributed by atoms with Crippen molar-refractivity contribution in [2.75, 3.05) is 6.54 Å². The normalized spacial score (nSPS) is 11.6. The predicted octanol–water partition coefficient (Wildman–Crippen LogP) is 2.99. The average Bonchev–Trinajstić information content (AvgIpc) is 2.97. The summed E-state index contributed by atoms with van der Waals surface area (Å²) in [6.45, 7) is 2.63. The fourth-order valence-electron chi connectivity index (χ4n) is 2.42. The molecule has 3 aromatic rings. The molecule has 1 aromatic carbocycles. The van der Waals surface area contributed by atoms with Gasteiger partial charge in [0.05, 0.1) is 17.1 Å². The highest BCUT2D eigenvalue weighted by molar-refractivity contribution is 9.10. The zero-order chi connectivity index (χ0) is 17.9. The molecule has 0 aliphatic carbocycles. The first-order valence-electron chi connectivity index (χ1n) is 7.66. The minimum atomic E-state index is -3.57. The summed E-state index contributed by atoms with van der Waals surface area (Å²) in [4.78, 5) is 4.32. The maximum atomic E-state index is 12.4. The van der Waals surface area contributed by atoms with Gasteiger partial charge >= 0.3 is 0 Å². The van der Waals surface area contributed by atoms with Crippen LogP contribution in [0.25, 0.3) is 11.3 Å². The van der Waals surface area contributed by atoms with Crippen LogP contribution in [0.2, 0.25) is 0 Å². The lowest BCUT2D eigenvalue weighted by Crippen LogP contribution is -2.28. The third kappa shape index (κ3) is 4.15. The molecule has 0 saturated heterocycles. The minimum Gasteiger partial charge on any atom is -0.268 e. The molecule has 0 radical (unpaired) electrons. The standard InChI is InChI=1S/C17H17BrN4O2S/c1-13-11-16(14-5-4-8-19-12-14)21-22(13)10-9-20-25(23,24)17-7-3-2-6-15(17)18/h2-8,11-12,20H,9-10H2,1H3. The number of hydrogen-bond acceptors (Lipinski definition) is 4. The number of benzene rings is 1. The first kappa shape index (κ1) is 17.8. The van der Waals surface area contributed by atoms with Gasteiger partial charge in [0, 0.05) is 34.7 Å². The van der Waals surface area contributed by atoms with E-state index in [1.54, 1.807) is 41.3 Å². The molecule has 0 aliphatic heterocycles. The van der Waals surface area contributed by atoms with Crippen LogP contribution in [-0.4, -0.2) is 29.7 Å². The molecule has 0 bridgehead atoms. The van der Waals surface area contributed by atoms with Gasteiger partial charge in [-0.15, -0.1) is 0 Å². The smallest absolute Gasteiger partial charge is 0.241 e. The highest BCUT2D eigenvalue weighted by Crippen LogP contribution is 2.21. The van der Waals surface area contributed by atoms with Crippen LogP contribution in [-0.2, 0) is 16.6 Å². The molecule has 0 spiro atoms. The molecule has 8 heteroatoms. The van der Waals surface area contributed by atoms with Gasteiger partial charge in [0.2, 0.25) is 10.0 Å². The van der Waals surface area contributed by atoms with Crippen LogP contribution in [0.5, 0.6) is 0 Å². The predicted molar refractivity (Wildman–Crippen MR) is 99.5 cm³/mol. The molecule has 2 heterocycles. The summed E-state index contributed by atoms with van der Waals surface area (Å²) in [7, 11) is -3.57. The van der Waals surface area contributed by atoms with E-state index in [-0.39, 0.29) is 11.4 Å². The summed E-state index contributed by atoms with van der Waals surface area (Å²) in [6.07, 6.45) is 3.46. The first-order valence-corrected chi connectivity index (χ1v) is 9.94. The summed E-state index contributed by atoms with van der Waals surface area (Å²) in [6, 6.07) is 12.5. The van der Waals surface area contributed by atoms with E-state index in [4.69, 9.17) is 0 Å². The molecule has 3 rings (SSSR count). The van der Waals surface area contributed by atoms with E-state index >= 15 is 0 Å². The Bertz CT molecular complexity index is 971. The van der Waals surface area contributed by atoms with Gasteiger partial charge in [-0.3, -0.25) is 9.67 Å². The van der Waals surface area contributed by atoms with Crippen LogP contribution in [0.4, 0.5) is 0 Å². The average molecular weight is 421 g/mol. The van der Waals surface area contributed by atoms with E-state index in [0.29, 0.717) is 11.0 Å². The third-order valence-corrected chi connectivity index (χ3v) is 6.15. The topological polar surface area (TPSA) is 76.9 Å². The van der Waals surface area contributed by atoms with Crippen molar-refractivity contribution in [2.24, 2.45) is 0 Å². The Hall–Kier alpha value is -2.03. The number of sulfonamides is 1. The second kappa shape index (κ2) is 7.47. The first-order chi connectivity index (χ1) is 12.0. The molecule has 25 heavy (non-hydrogen) atoms. The minimum absolute atomic E-state index is 0.225. The summed E-state index contributed by atoms with van der Waals surface area (Å²) in [5.74, 6) is 0. The van der Waals surface area contributed by atoms with E-state index in [1.165, 1.54) is 0 Å².